The molecule has 0 aliphatic rings. The van der Waals surface area contributed by atoms with E-state index in [0.717, 1.165) is 11.3 Å². The summed E-state index contributed by atoms with van der Waals surface area (Å²) in [5.74, 6) is 1.90. The van der Waals surface area contributed by atoms with Crippen LogP contribution < -0.4 is 14.2 Å². The van der Waals surface area contributed by atoms with Crippen LogP contribution in [0.1, 0.15) is 35.8 Å². The van der Waals surface area contributed by atoms with Crippen LogP contribution in [0.15, 0.2) is 42.5 Å². The molecule has 0 saturated carbocycles. The van der Waals surface area contributed by atoms with E-state index in [1.807, 2.05) is 38.1 Å². The van der Waals surface area contributed by atoms with Crippen molar-refractivity contribution >= 4 is 5.91 Å². The Morgan fingerprint density at radius 1 is 1.04 bits per heavy atom. The average Bonchev–Trinajstić information content (AvgIpc) is 2.66. The zero-order chi connectivity index (χ0) is 18.4. The van der Waals surface area contributed by atoms with E-state index in [1.165, 1.54) is 0 Å². The third kappa shape index (κ3) is 4.24. The maximum absolute atomic E-state index is 12.8. The number of nitrogens with zero attached hydrogens (tertiary/aromatic N) is 1. The van der Waals surface area contributed by atoms with Gasteiger partial charge in [-0.1, -0.05) is 12.1 Å². The minimum absolute atomic E-state index is 0.0731. The molecule has 0 bridgehead atoms. The topological polar surface area (TPSA) is 48.0 Å². The van der Waals surface area contributed by atoms with Crippen molar-refractivity contribution in [3.63, 3.8) is 0 Å². The van der Waals surface area contributed by atoms with Gasteiger partial charge >= 0.3 is 0 Å². The van der Waals surface area contributed by atoms with E-state index in [1.54, 1.807) is 44.4 Å². The monoisotopic (exact) mass is 343 g/mol. The lowest BCUT2D eigenvalue weighted by atomic mass is 10.1. The fourth-order valence-electron chi connectivity index (χ4n) is 2.56. The van der Waals surface area contributed by atoms with Crippen molar-refractivity contribution in [1.82, 2.24) is 4.90 Å². The van der Waals surface area contributed by atoms with Crippen LogP contribution in [-0.2, 0) is 0 Å². The van der Waals surface area contributed by atoms with Crippen LogP contribution in [0.25, 0.3) is 0 Å². The van der Waals surface area contributed by atoms with Gasteiger partial charge in [0.05, 0.1) is 26.9 Å². The van der Waals surface area contributed by atoms with Crippen LogP contribution in [0.3, 0.4) is 0 Å². The number of benzene rings is 2. The van der Waals surface area contributed by atoms with Crippen molar-refractivity contribution in [2.75, 3.05) is 27.9 Å². The summed E-state index contributed by atoms with van der Waals surface area (Å²) in [4.78, 5) is 14.6. The number of amides is 1. The van der Waals surface area contributed by atoms with Gasteiger partial charge in [0.15, 0.2) is 11.5 Å². The predicted molar refractivity (Wildman–Crippen MR) is 97.7 cm³/mol. The Labute approximate surface area is 149 Å². The lowest BCUT2D eigenvalue weighted by Gasteiger charge is -2.26. The van der Waals surface area contributed by atoms with Gasteiger partial charge in [0, 0.05) is 12.6 Å². The van der Waals surface area contributed by atoms with Crippen molar-refractivity contribution in [2.45, 2.75) is 19.9 Å². The molecule has 0 spiro atoms. The van der Waals surface area contributed by atoms with Crippen LogP contribution in [0.2, 0.25) is 0 Å². The minimum Gasteiger partial charge on any atom is -0.497 e. The molecular weight excluding hydrogens is 318 g/mol. The van der Waals surface area contributed by atoms with E-state index < -0.39 is 0 Å². The van der Waals surface area contributed by atoms with E-state index in [9.17, 15) is 4.79 Å². The molecule has 1 unspecified atom stereocenters. The molecule has 0 saturated heterocycles. The van der Waals surface area contributed by atoms with E-state index in [4.69, 9.17) is 14.2 Å². The Kier molecular flexibility index (Phi) is 6.28. The Bertz CT molecular complexity index is 712. The number of carbonyl (C=O) groups is 1. The highest BCUT2D eigenvalue weighted by Crippen LogP contribution is 2.30. The molecule has 1 atom stereocenters. The van der Waals surface area contributed by atoms with E-state index in [-0.39, 0.29) is 11.9 Å². The normalized spacial score (nSPS) is 11.6. The van der Waals surface area contributed by atoms with Gasteiger partial charge in [0.1, 0.15) is 5.75 Å². The molecule has 0 fully saturated rings. The number of ether oxygens (including phenoxy) is 3. The molecule has 2 aromatic rings. The summed E-state index contributed by atoms with van der Waals surface area (Å²) in [5.41, 5.74) is 1.60. The molecule has 2 aromatic carbocycles. The third-order valence-corrected chi connectivity index (χ3v) is 4.21. The van der Waals surface area contributed by atoms with Crippen molar-refractivity contribution < 1.29 is 19.0 Å². The largest absolute Gasteiger partial charge is 0.497 e. The first-order chi connectivity index (χ1) is 12.0. The standard InChI is InChI=1S/C20H25NO4/c1-6-25-19-13-16(9-12-18(19)24-5)20(22)21(3)14(2)15-7-10-17(23-4)11-8-15/h7-14H,6H2,1-5H3. The molecule has 2 rings (SSSR count). The van der Waals surface area contributed by atoms with Gasteiger partial charge in [-0.3, -0.25) is 4.79 Å². The summed E-state index contributed by atoms with van der Waals surface area (Å²) >= 11 is 0. The summed E-state index contributed by atoms with van der Waals surface area (Å²) in [6, 6.07) is 12.9. The fourth-order valence-corrected chi connectivity index (χ4v) is 2.56. The number of carbonyl (C=O) groups excluding carboxylic acids is 1. The van der Waals surface area contributed by atoms with Gasteiger partial charge in [-0.05, 0) is 49.7 Å². The highest BCUT2D eigenvalue weighted by atomic mass is 16.5. The Morgan fingerprint density at radius 2 is 1.72 bits per heavy atom. The minimum atomic E-state index is -0.0769. The van der Waals surface area contributed by atoms with Crippen LogP contribution in [-0.4, -0.2) is 38.7 Å². The third-order valence-electron chi connectivity index (χ3n) is 4.21. The molecule has 0 aliphatic carbocycles. The highest BCUT2D eigenvalue weighted by molar-refractivity contribution is 5.95. The van der Waals surface area contributed by atoms with E-state index >= 15 is 0 Å². The summed E-state index contributed by atoms with van der Waals surface area (Å²) in [6.45, 7) is 4.39. The zero-order valence-corrected chi connectivity index (χ0v) is 15.4. The predicted octanol–water partition coefficient (Wildman–Crippen LogP) is 3.94. The van der Waals surface area contributed by atoms with Crippen molar-refractivity contribution in [1.29, 1.82) is 0 Å². The SMILES string of the molecule is CCOc1cc(C(=O)N(C)C(C)c2ccc(OC)cc2)ccc1OC. The Morgan fingerprint density at radius 3 is 2.28 bits per heavy atom. The molecule has 0 radical (unpaired) electrons. The number of methoxy groups -OCH3 is 2. The van der Waals surface area contributed by atoms with Gasteiger partial charge in [-0.15, -0.1) is 0 Å². The maximum atomic E-state index is 12.8. The first-order valence-corrected chi connectivity index (χ1v) is 8.23. The number of hydrogen-bond donors (Lipinski definition) is 0. The summed E-state index contributed by atoms with van der Waals surface area (Å²) in [5, 5.41) is 0. The van der Waals surface area contributed by atoms with Gasteiger partial charge in [0.25, 0.3) is 5.91 Å². The second-order valence-corrected chi connectivity index (χ2v) is 5.66. The molecule has 1 amide bonds. The Hall–Kier alpha value is -2.69. The lowest BCUT2D eigenvalue weighted by molar-refractivity contribution is 0.0742. The van der Waals surface area contributed by atoms with Gasteiger partial charge < -0.3 is 19.1 Å². The molecule has 5 heteroatoms. The van der Waals surface area contributed by atoms with Crippen LogP contribution >= 0.6 is 0 Å². The molecule has 0 aromatic heterocycles. The Balaban J connectivity index is 2.21. The summed E-state index contributed by atoms with van der Waals surface area (Å²) < 4.78 is 16.0. The van der Waals surface area contributed by atoms with Gasteiger partial charge in [-0.2, -0.15) is 0 Å². The quantitative estimate of drug-likeness (QED) is 0.764. The molecule has 0 N–H and O–H groups in total. The van der Waals surface area contributed by atoms with E-state index in [0.29, 0.717) is 23.7 Å². The molecular formula is C20H25NO4. The van der Waals surface area contributed by atoms with Gasteiger partial charge in [-0.25, -0.2) is 0 Å². The fraction of sp³-hybridized carbons (Fsp3) is 0.350. The number of rotatable bonds is 7. The first kappa shape index (κ1) is 18.6. The smallest absolute Gasteiger partial charge is 0.254 e. The van der Waals surface area contributed by atoms with Crippen LogP contribution in [0, 0.1) is 0 Å². The highest BCUT2D eigenvalue weighted by Gasteiger charge is 2.20. The van der Waals surface area contributed by atoms with Crippen molar-refractivity contribution in [2.24, 2.45) is 0 Å². The second kappa shape index (κ2) is 8.42. The maximum Gasteiger partial charge on any atom is 0.254 e. The first-order valence-electron chi connectivity index (χ1n) is 8.23. The molecule has 25 heavy (non-hydrogen) atoms. The molecule has 0 heterocycles. The van der Waals surface area contributed by atoms with Crippen LogP contribution in [0.4, 0.5) is 0 Å². The van der Waals surface area contributed by atoms with Crippen molar-refractivity contribution in [3.8, 4) is 17.2 Å². The molecule has 0 aliphatic heterocycles. The summed E-state index contributed by atoms with van der Waals surface area (Å²) in [7, 11) is 5.01. The molecule has 5 nitrogen and oxygen atoms in total. The lowest BCUT2D eigenvalue weighted by Crippen LogP contribution is -2.29. The average molecular weight is 343 g/mol. The summed E-state index contributed by atoms with van der Waals surface area (Å²) in [6.07, 6.45) is 0. The van der Waals surface area contributed by atoms with Crippen molar-refractivity contribution in [3.05, 3.63) is 53.6 Å². The van der Waals surface area contributed by atoms with Crippen LogP contribution in [0.5, 0.6) is 17.2 Å². The van der Waals surface area contributed by atoms with E-state index in [2.05, 4.69) is 0 Å². The number of hydrogen-bond acceptors (Lipinski definition) is 4. The van der Waals surface area contributed by atoms with Gasteiger partial charge in [0.2, 0.25) is 0 Å². The zero-order valence-electron chi connectivity index (χ0n) is 15.4. The molecule has 134 valence electrons. The second-order valence-electron chi connectivity index (χ2n) is 5.66.